The van der Waals surface area contributed by atoms with Crippen molar-refractivity contribution in [2.45, 2.75) is 64.1 Å². The molecule has 1 aliphatic rings. The number of ether oxygens (including phenoxy) is 1. The summed E-state index contributed by atoms with van der Waals surface area (Å²) in [5.41, 5.74) is -1.24. The molecule has 2 rings (SSSR count). The van der Waals surface area contributed by atoms with Crippen LogP contribution in [0.25, 0.3) is 0 Å². The summed E-state index contributed by atoms with van der Waals surface area (Å²) in [5.74, 6) is -1.04. The molecule has 0 spiro atoms. The van der Waals surface area contributed by atoms with Gasteiger partial charge in [0.05, 0.1) is 0 Å². The van der Waals surface area contributed by atoms with E-state index in [4.69, 9.17) is 4.74 Å². The lowest BCUT2D eigenvalue weighted by Crippen LogP contribution is -2.42. The first-order chi connectivity index (χ1) is 11.5. The molecule has 1 aliphatic carbocycles. The Morgan fingerprint density at radius 3 is 2.58 bits per heavy atom. The monoisotopic (exact) mass is 337 g/mol. The minimum atomic E-state index is -0.931. The first-order valence-corrected chi connectivity index (χ1v) is 8.25. The van der Waals surface area contributed by atoms with Gasteiger partial charge in [-0.25, -0.2) is 4.79 Å². The second-order valence-electron chi connectivity index (χ2n) is 6.07. The van der Waals surface area contributed by atoms with E-state index in [1.165, 1.54) is 26.0 Å². The molecule has 0 unspecified atom stereocenters. The van der Waals surface area contributed by atoms with E-state index in [1.807, 2.05) is 4.98 Å². The molecule has 1 heterocycles. The van der Waals surface area contributed by atoms with E-state index in [0.717, 1.165) is 36.3 Å². The van der Waals surface area contributed by atoms with Gasteiger partial charge in [-0.3, -0.25) is 23.9 Å². The molecular formula is C16H23N3O5. The fraction of sp³-hybridized carbons (Fsp3) is 0.625. The fourth-order valence-corrected chi connectivity index (χ4v) is 2.74. The molecule has 1 saturated carbocycles. The molecule has 1 fully saturated rings. The van der Waals surface area contributed by atoms with Crippen LogP contribution in [0.3, 0.4) is 0 Å². The van der Waals surface area contributed by atoms with E-state index in [-0.39, 0.29) is 18.5 Å². The zero-order valence-corrected chi connectivity index (χ0v) is 13.7. The first kappa shape index (κ1) is 18.0. The highest BCUT2D eigenvalue weighted by Gasteiger charge is 2.22. The van der Waals surface area contributed by atoms with Crippen LogP contribution in [0.15, 0.2) is 21.9 Å². The first-order valence-electron chi connectivity index (χ1n) is 8.25. The van der Waals surface area contributed by atoms with Crippen molar-refractivity contribution in [3.63, 3.8) is 0 Å². The van der Waals surface area contributed by atoms with E-state index in [9.17, 15) is 19.2 Å². The van der Waals surface area contributed by atoms with Crippen LogP contribution in [0.2, 0.25) is 0 Å². The van der Waals surface area contributed by atoms with Gasteiger partial charge in [-0.2, -0.15) is 0 Å². The highest BCUT2D eigenvalue weighted by atomic mass is 16.5. The molecule has 0 aliphatic heterocycles. The van der Waals surface area contributed by atoms with Gasteiger partial charge in [0.1, 0.15) is 6.54 Å². The number of carbonyl (C=O) groups excluding carboxylic acids is 2. The maximum Gasteiger partial charge on any atom is 0.328 e. The van der Waals surface area contributed by atoms with Crippen LogP contribution in [-0.4, -0.2) is 33.6 Å². The van der Waals surface area contributed by atoms with Gasteiger partial charge in [0.2, 0.25) is 0 Å². The number of nitrogens with one attached hydrogen (secondary N) is 2. The molecule has 0 bridgehead atoms. The molecule has 0 radical (unpaired) electrons. The van der Waals surface area contributed by atoms with Gasteiger partial charge < -0.3 is 10.1 Å². The van der Waals surface area contributed by atoms with E-state index in [2.05, 4.69) is 5.32 Å². The minimum absolute atomic E-state index is 0.128. The average molecular weight is 337 g/mol. The molecule has 1 atom stereocenters. The number of amides is 1. The Morgan fingerprint density at radius 1 is 1.29 bits per heavy atom. The maximum absolute atomic E-state index is 12.1. The van der Waals surface area contributed by atoms with E-state index >= 15 is 0 Å². The van der Waals surface area contributed by atoms with Gasteiger partial charge >= 0.3 is 11.7 Å². The topological polar surface area (TPSA) is 110 Å². The van der Waals surface area contributed by atoms with Crippen molar-refractivity contribution in [3.05, 3.63) is 33.1 Å². The summed E-state index contributed by atoms with van der Waals surface area (Å²) in [5, 5.41) is 2.91. The summed E-state index contributed by atoms with van der Waals surface area (Å²) < 4.78 is 6.08. The number of aromatic nitrogens is 2. The van der Waals surface area contributed by atoms with Crippen molar-refractivity contribution in [1.29, 1.82) is 0 Å². The third-order valence-electron chi connectivity index (χ3n) is 4.08. The van der Waals surface area contributed by atoms with Gasteiger partial charge in [-0.15, -0.1) is 0 Å². The molecule has 24 heavy (non-hydrogen) atoms. The van der Waals surface area contributed by atoms with E-state index in [0.29, 0.717) is 0 Å². The van der Waals surface area contributed by atoms with Gasteiger partial charge in [-0.05, 0) is 19.8 Å². The zero-order valence-electron chi connectivity index (χ0n) is 13.7. The van der Waals surface area contributed by atoms with Crippen LogP contribution in [-0.2, 0) is 20.9 Å². The molecule has 8 heteroatoms. The molecular weight excluding hydrogens is 314 g/mol. The SMILES string of the molecule is C[C@@H](OC(=O)Cn1ccc(=O)[nH]c1=O)C(=O)NC1CCCCCC1. The van der Waals surface area contributed by atoms with E-state index in [1.54, 1.807) is 0 Å². The summed E-state index contributed by atoms with van der Waals surface area (Å²) in [4.78, 5) is 48.5. The van der Waals surface area contributed by atoms with Crippen molar-refractivity contribution in [2.75, 3.05) is 0 Å². The summed E-state index contributed by atoms with van der Waals surface area (Å²) >= 11 is 0. The number of carbonyl (C=O) groups is 2. The van der Waals surface area contributed by atoms with Crippen LogP contribution in [0.5, 0.6) is 0 Å². The Labute approximate surface area is 139 Å². The molecule has 8 nitrogen and oxygen atoms in total. The summed E-state index contributed by atoms with van der Waals surface area (Å²) in [6, 6.07) is 1.26. The van der Waals surface area contributed by atoms with Crippen LogP contribution < -0.4 is 16.6 Å². The fourth-order valence-electron chi connectivity index (χ4n) is 2.74. The minimum Gasteiger partial charge on any atom is -0.451 e. The Hall–Kier alpha value is -2.38. The van der Waals surface area contributed by atoms with Crippen molar-refractivity contribution in [3.8, 4) is 0 Å². The molecule has 132 valence electrons. The Balaban J connectivity index is 1.84. The molecule has 1 amide bonds. The zero-order chi connectivity index (χ0) is 17.5. The highest BCUT2D eigenvalue weighted by Crippen LogP contribution is 2.17. The van der Waals surface area contributed by atoms with E-state index < -0.39 is 23.3 Å². The molecule has 2 N–H and O–H groups in total. The molecule has 1 aromatic rings. The summed E-state index contributed by atoms with van der Waals surface area (Å²) in [7, 11) is 0. The lowest BCUT2D eigenvalue weighted by atomic mass is 10.1. The lowest BCUT2D eigenvalue weighted by molar-refractivity contribution is -0.155. The lowest BCUT2D eigenvalue weighted by Gasteiger charge is -2.19. The Kier molecular flexibility index (Phi) is 6.34. The van der Waals surface area contributed by atoms with Crippen LogP contribution >= 0.6 is 0 Å². The van der Waals surface area contributed by atoms with Crippen LogP contribution in [0.1, 0.15) is 45.4 Å². The molecule has 0 saturated heterocycles. The Morgan fingerprint density at radius 2 is 1.96 bits per heavy atom. The second kappa shape index (κ2) is 8.47. The van der Waals surface area contributed by atoms with Crippen LogP contribution in [0, 0.1) is 0 Å². The van der Waals surface area contributed by atoms with Gasteiger partial charge in [0.25, 0.3) is 11.5 Å². The quantitative estimate of drug-likeness (QED) is 0.593. The number of hydrogen-bond donors (Lipinski definition) is 2. The number of aromatic amines is 1. The number of H-pyrrole nitrogens is 1. The molecule has 1 aromatic heterocycles. The average Bonchev–Trinajstić information content (AvgIpc) is 2.78. The number of hydrogen-bond acceptors (Lipinski definition) is 5. The number of nitrogens with zero attached hydrogens (tertiary/aromatic N) is 1. The smallest absolute Gasteiger partial charge is 0.328 e. The summed E-state index contributed by atoms with van der Waals surface area (Å²) in [6.07, 6.45) is 6.72. The van der Waals surface area contributed by atoms with Gasteiger partial charge in [-0.1, -0.05) is 25.7 Å². The third-order valence-corrected chi connectivity index (χ3v) is 4.08. The van der Waals surface area contributed by atoms with Crippen molar-refractivity contribution in [2.24, 2.45) is 0 Å². The standard InChI is InChI=1S/C16H23N3O5/c1-11(15(22)17-12-6-4-2-3-5-7-12)24-14(21)10-19-9-8-13(20)18-16(19)23/h8-9,11-12H,2-7,10H2,1H3,(H,17,22)(H,18,20,23)/t11-/m1/s1. The van der Waals surface area contributed by atoms with Gasteiger partial charge in [0, 0.05) is 18.3 Å². The largest absolute Gasteiger partial charge is 0.451 e. The predicted octanol–water partition coefficient (Wildman–Crippen LogP) is 0.307. The van der Waals surface area contributed by atoms with Crippen molar-refractivity contribution >= 4 is 11.9 Å². The Bertz CT molecular complexity index is 685. The highest BCUT2D eigenvalue weighted by molar-refractivity contribution is 5.83. The number of rotatable bonds is 5. The predicted molar refractivity (Wildman–Crippen MR) is 86.5 cm³/mol. The van der Waals surface area contributed by atoms with Crippen molar-refractivity contribution in [1.82, 2.24) is 14.9 Å². The normalized spacial score (nSPS) is 16.9. The third kappa shape index (κ3) is 5.36. The molecule has 0 aromatic carbocycles. The second-order valence-corrected chi connectivity index (χ2v) is 6.07. The van der Waals surface area contributed by atoms with Gasteiger partial charge in [0.15, 0.2) is 6.10 Å². The number of esters is 1. The van der Waals surface area contributed by atoms with Crippen LogP contribution in [0.4, 0.5) is 0 Å². The maximum atomic E-state index is 12.1. The van der Waals surface area contributed by atoms with Crippen molar-refractivity contribution < 1.29 is 14.3 Å². The summed E-state index contributed by atoms with van der Waals surface area (Å²) in [6.45, 7) is 1.14.